The fourth-order valence-corrected chi connectivity index (χ4v) is 5.08. The molecule has 0 radical (unpaired) electrons. The van der Waals surface area contributed by atoms with Gasteiger partial charge in [-0.15, -0.1) is 0 Å². The van der Waals surface area contributed by atoms with Gasteiger partial charge in [-0.2, -0.15) is 26.3 Å². The maximum absolute atomic E-state index is 15.2. The van der Waals surface area contributed by atoms with Crippen LogP contribution in [0.5, 0.6) is 0 Å². The van der Waals surface area contributed by atoms with Crippen LogP contribution in [-0.2, 0) is 11.0 Å². The molecule has 15 heteroatoms. The topological polar surface area (TPSA) is 37.4 Å². The predicted molar refractivity (Wildman–Crippen MR) is 140 cm³/mol. The Balaban J connectivity index is 1.97. The van der Waals surface area contributed by atoms with Crippen molar-refractivity contribution in [2.45, 2.75) is 50.4 Å². The summed E-state index contributed by atoms with van der Waals surface area (Å²) in [5.74, 6) is -9.43. The van der Waals surface area contributed by atoms with Gasteiger partial charge in [0.05, 0.1) is 32.0 Å². The molecule has 0 heterocycles. The molecule has 1 fully saturated rings. The number of rotatable bonds is 9. The predicted octanol–water partition coefficient (Wildman–Crippen LogP) is 9.79. The first-order valence-corrected chi connectivity index (χ1v) is 13.2. The summed E-state index contributed by atoms with van der Waals surface area (Å²) in [5.41, 5.74) is -5.23. The Morgan fingerprint density at radius 1 is 0.976 bits per heavy atom. The molecule has 0 aromatic heterocycles. The minimum Gasteiger partial charge on any atom is -0.336 e. The minimum atomic E-state index is -5.22. The second-order valence-electron chi connectivity index (χ2n) is 10.2. The van der Waals surface area contributed by atoms with Crippen molar-refractivity contribution in [3.05, 3.63) is 73.7 Å². The van der Waals surface area contributed by atoms with Gasteiger partial charge in [-0.3, -0.25) is 9.59 Å². The van der Waals surface area contributed by atoms with Crippen LogP contribution in [0.4, 0.5) is 39.5 Å². The van der Waals surface area contributed by atoms with Crippen molar-refractivity contribution in [1.29, 1.82) is 0 Å². The highest BCUT2D eigenvalue weighted by Crippen LogP contribution is 2.51. The molecule has 0 N–H and O–H groups in total. The van der Waals surface area contributed by atoms with Gasteiger partial charge in [-0.05, 0) is 42.7 Å². The summed E-state index contributed by atoms with van der Waals surface area (Å²) in [7, 11) is 0.866. The van der Waals surface area contributed by atoms with E-state index >= 15 is 4.39 Å². The minimum absolute atomic E-state index is 0.0120. The van der Waals surface area contributed by atoms with Crippen LogP contribution in [0.15, 0.2) is 36.4 Å². The van der Waals surface area contributed by atoms with Gasteiger partial charge in [0, 0.05) is 31.5 Å². The number of halogens is 12. The molecule has 1 aliphatic carbocycles. The standard InChI is InChI=1S/C27H21Cl3F9NO2/c1-24(32,33)16(14-8-18(28)22(30)19(29)9-14)10-20(31)13-3-4-15(17(7-13)27(37,38)39)21(41)11-25(5-6-25)23(42)40(2)12-26(34,35)36/h3-4,7-10,16H,5-6,11-12H2,1-2H3/b20-10-. The van der Waals surface area contributed by atoms with E-state index in [0.29, 0.717) is 24.0 Å². The molecule has 0 saturated heterocycles. The molecule has 0 aliphatic heterocycles. The lowest BCUT2D eigenvalue weighted by molar-refractivity contribution is -0.161. The summed E-state index contributed by atoms with van der Waals surface area (Å²) in [4.78, 5) is 25.8. The second-order valence-corrected chi connectivity index (χ2v) is 11.4. The van der Waals surface area contributed by atoms with E-state index in [2.05, 4.69) is 0 Å². The number of amides is 1. The SMILES string of the molecule is CN(CC(F)(F)F)C(=O)C1(CC(=O)c2ccc(/C(F)=C/C(c3cc(Cl)c(Cl)c(Cl)c3)C(C)(F)F)cc2C(F)(F)F)CC1. The number of Topliss-reactive ketones (excluding diaryl/α,β-unsaturated/α-hetero) is 1. The first-order chi connectivity index (χ1) is 19.1. The Labute approximate surface area is 249 Å². The van der Waals surface area contributed by atoms with E-state index in [1.807, 2.05) is 0 Å². The zero-order chi connectivity index (χ0) is 32.0. The molecule has 230 valence electrons. The van der Waals surface area contributed by atoms with Gasteiger partial charge in [0.25, 0.3) is 5.92 Å². The Morgan fingerprint density at radius 2 is 1.52 bits per heavy atom. The van der Waals surface area contributed by atoms with E-state index in [0.717, 1.165) is 25.2 Å². The number of carbonyl (C=O) groups is 2. The van der Waals surface area contributed by atoms with Crippen LogP contribution in [0, 0.1) is 5.41 Å². The third kappa shape index (κ3) is 7.93. The summed E-state index contributed by atoms with van der Waals surface area (Å²) < 4.78 is 124. The molecule has 2 aromatic rings. The van der Waals surface area contributed by atoms with Crippen molar-refractivity contribution in [2.75, 3.05) is 13.6 Å². The highest BCUT2D eigenvalue weighted by atomic mass is 35.5. The van der Waals surface area contributed by atoms with Crippen LogP contribution in [-0.4, -0.2) is 42.3 Å². The summed E-state index contributed by atoms with van der Waals surface area (Å²) in [6, 6.07) is 3.65. The molecule has 42 heavy (non-hydrogen) atoms. The number of hydrogen-bond donors (Lipinski definition) is 0. The van der Waals surface area contributed by atoms with Crippen LogP contribution in [0.1, 0.15) is 59.2 Å². The van der Waals surface area contributed by atoms with Crippen molar-refractivity contribution in [3.63, 3.8) is 0 Å². The van der Waals surface area contributed by atoms with Crippen molar-refractivity contribution in [1.82, 2.24) is 4.90 Å². The van der Waals surface area contributed by atoms with Gasteiger partial charge in [0.2, 0.25) is 5.91 Å². The molecule has 0 bridgehead atoms. The molecule has 1 saturated carbocycles. The summed E-state index contributed by atoms with van der Waals surface area (Å²) in [6.07, 6.45) is -10.4. The molecule has 0 spiro atoms. The van der Waals surface area contributed by atoms with E-state index in [1.165, 1.54) is 0 Å². The molecule has 1 amide bonds. The van der Waals surface area contributed by atoms with E-state index in [9.17, 15) is 44.7 Å². The number of allylic oxidation sites excluding steroid dienone is 1. The van der Waals surface area contributed by atoms with Gasteiger partial charge in [-0.25, -0.2) is 13.2 Å². The number of nitrogens with zero attached hydrogens (tertiary/aromatic N) is 1. The quantitative estimate of drug-likeness (QED) is 0.152. The molecular weight excluding hydrogens is 648 g/mol. The monoisotopic (exact) mass is 667 g/mol. The summed E-state index contributed by atoms with van der Waals surface area (Å²) >= 11 is 17.6. The molecule has 1 atom stereocenters. The number of carbonyl (C=O) groups excluding carboxylic acids is 2. The van der Waals surface area contributed by atoms with Crippen molar-refractivity contribution in [3.8, 4) is 0 Å². The Morgan fingerprint density at radius 3 is 1.98 bits per heavy atom. The smallest absolute Gasteiger partial charge is 0.336 e. The Kier molecular flexibility index (Phi) is 9.66. The van der Waals surface area contributed by atoms with Crippen molar-refractivity contribution in [2.24, 2.45) is 5.41 Å². The zero-order valence-corrected chi connectivity index (χ0v) is 23.9. The molecule has 2 aromatic carbocycles. The number of alkyl halides is 8. The van der Waals surface area contributed by atoms with Gasteiger partial charge < -0.3 is 4.90 Å². The number of ketones is 1. The fourth-order valence-electron chi connectivity index (χ4n) is 4.47. The molecule has 1 unspecified atom stereocenters. The third-order valence-electron chi connectivity index (χ3n) is 6.69. The Hall–Kier alpha value is -2.44. The third-order valence-corrected chi connectivity index (χ3v) is 7.89. The maximum Gasteiger partial charge on any atom is 0.417 e. The second kappa shape index (κ2) is 11.9. The van der Waals surface area contributed by atoms with Crippen LogP contribution >= 0.6 is 34.8 Å². The van der Waals surface area contributed by atoms with Gasteiger partial charge in [-0.1, -0.05) is 46.9 Å². The summed E-state index contributed by atoms with van der Waals surface area (Å²) in [6.45, 7) is -1.16. The zero-order valence-electron chi connectivity index (χ0n) is 21.7. The van der Waals surface area contributed by atoms with E-state index in [4.69, 9.17) is 34.8 Å². The van der Waals surface area contributed by atoms with Crippen LogP contribution < -0.4 is 0 Å². The normalized spacial score (nSPS) is 16.3. The number of hydrogen-bond acceptors (Lipinski definition) is 2. The highest BCUT2D eigenvalue weighted by Gasteiger charge is 2.53. The first kappa shape index (κ1) is 34.1. The average molecular weight is 669 g/mol. The molecule has 3 rings (SSSR count). The van der Waals surface area contributed by atoms with Gasteiger partial charge in [0.15, 0.2) is 5.78 Å². The largest absolute Gasteiger partial charge is 0.417 e. The molecule has 3 nitrogen and oxygen atoms in total. The Bertz CT molecular complexity index is 1390. The average Bonchev–Trinajstić information content (AvgIpc) is 3.62. The van der Waals surface area contributed by atoms with Crippen LogP contribution in [0.3, 0.4) is 0 Å². The molecular formula is C27H21Cl3F9NO2. The summed E-state index contributed by atoms with van der Waals surface area (Å²) in [5, 5.41) is -0.594. The van der Waals surface area contributed by atoms with Crippen molar-refractivity contribution >= 4 is 52.3 Å². The lowest BCUT2D eigenvalue weighted by Gasteiger charge is -2.24. The van der Waals surface area contributed by atoms with E-state index in [-0.39, 0.29) is 39.5 Å². The highest BCUT2D eigenvalue weighted by molar-refractivity contribution is 6.48. The fraction of sp³-hybridized carbons (Fsp3) is 0.407. The van der Waals surface area contributed by atoms with E-state index in [1.54, 1.807) is 0 Å². The number of benzene rings is 2. The van der Waals surface area contributed by atoms with Gasteiger partial charge >= 0.3 is 12.4 Å². The van der Waals surface area contributed by atoms with Crippen molar-refractivity contribution < 1.29 is 49.1 Å². The van der Waals surface area contributed by atoms with Crippen LogP contribution in [0.2, 0.25) is 15.1 Å². The van der Waals surface area contributed by atoms with Gasteiger partial charge in [0.1, 0.15) is 12.4 Å². The van der Waals surface area contributed by atoms with Crippen LogP contribution in [0.25, 0.3) is 5.83 Å². The van der Waals surface area contributed by atoms with E-state index < -0.39 is 76.8 Å². The lowest BCUT2D eigenvalue weighted by atomic mass is 9.89. The maximum atomic E-state index is 15.2. The first-order valence-electron chi connectivity index (χ1n) is 12.0. The lowest BCUT2D eigenvalue weighted by Crippen LogP contribution is -2.41. The molecule has 1 aliphatic rings.